The number of anilines is 1. The van der Waals surface area contributed by atoms with Gasteiger partial charge in [-0.05, 0) is 54.7 Å². The maximum atomic E-state index is 6.21. The summed E-state index contributed by atoms with van der Waals surface area (Å²) in [5, 5.41) is 3.29. The van der Waals surface area contributed by atoms with Gasteiger partial charge in [-0.2, -0.15) is 11.8 Å². The molecule has 1 aliphatic carbocycles. The van der Waals surface area contributed by atoms with Crippen LogP contribution < -0.4 is 11.1 Å². The number of nitrogens with one attached hydrogen (secondary N) is 1. The van der Waals surface area contributed by atoms with Crippen molar-refractivity contribution < 1.29 is 4.74 Å². The van der Waals surface area contributed by atoms with Gasteiger partial charge in [-0.15, -0.1) is 24.0 Å². The molecule has 0 bridgehead atoms. The van der Waals surface area contributed by atoms with Gasteiger partial charge in [-0.3, -0.25) is 9.89 Å². The van der Waals surface area contributed by atoms with Crippen LogP contribution in [0.4, 0.5) is 5.69 Å². The van der Waals surface area contributed by atoms with Gasteiger partial charge in [0.1, 0.15) is 0 Å². The number of guanidine groups is 1. The van der Waals surface area contributed by atoms with Gasteiger partial charge in [-0.25, -0.2) is 0 Å². The van der Waals surface area contributed by atoms with Crippen molar-refractivity contribution in [2.45, 2.75) is 31.2 Å². The van der Waals surface area contributed by atoms with Gasteiger partial charge in [-0.1, -0.05) is 6.07 Å². The first kappa shape index (κ1) is 20.2. The van der Waals surface area contributed by atoms with Crippen LogP contribution in [0.2, 0.25) is 0 Å². The van der Waals surface area contributed by atoms with Crippen LogP contribution in [-0.2, 0) is 17.6 Å². The van der Waals surface area contributed by atoms with Crippen LogP contribution >= 0.6 is 35.7 Å². The summed E-state index contributed by atoms with van der Waals surface area (Å²) in [5.74, 6) is 2.88. The lowest BCUT2D eigenvalue weighted by Gasteiger charge is -2.42. The number of aliphatic imine (C=N–C) groups is 1. The third-order valence-corrected chi connectivity index (χ3v) is 6.91. The van der Waals surface area contributed by atoms with Crippen LogP contribution in [0.25, 0.3) is 0 Å². The molecule has 144 valence electrons. The molecule has 0 radical (unpaired) electrons. The van der Waals surface area contributed by atoms with Crippen LogP contribution in [0.3, 0.4) is 0 Å². The van der Waals surface area contributed by atoms with Crippen LogP contribution in [0.1, 0.15) is 24.0 Å². The largest absolute Gasteiger partial charge is 0.379 e. The highest BCUT2D eigenvalue weighted by atomic mass is 127. The molecule has 2 fully saturated rings. The molecule has 7 heteroatoms. The first-order valence-corrected chi connectivity index (χ1v) is 10.5. The summed E-state index contributed by atoms with van der Waals surface area (Å²) in [6.45, 7) is 4.45. The molecule has 0 aromatic heterocycles. The van der Waals surface area contributed by atoms with Crippen LogP contribution in [-0.4, -0.2) is 60.8 Å². The van der Waals surface area contributed by atoms with Gasteiger partial charge in [0.05, 0.1) is 25.3 Å². The quantitative estimate of drug-likeness (QED) is 0.388. The number of benzene rings is 1. The number of aryl methyl sites for hydroxylation is 2. The lowest BCUT2D eigenvalue weighted by Crippen LogP contribution is -2.56. The molecule has 1 unspecified atom stereocenters. The van der Waals surface area contributed by atoms with Crippen molar-refractivity contribution in [2.24, 2.45) is 10.7 Å². The Hall–Kier alpha value is -0.510. The highest BCUT2D eigenvalue weighted by molar-refractivity contribution is 14.0. The van der Waals surface area contributed by atoms with Gasteiger partial charge >= 0.3 is 0 Å². The van der Waals surface area contributed by atoms with Gasteiger partial charge in [0, 0.05) is 24.5 Å². The average molecular weight is 488 g/mol. The number of hydrogen-bond acceptors (Lipinski definition) is 4. The first-order chi connectivity index (χ1) is 12.3. The van der Waals surface area contributed by atoms with E-state index in [1.807, 2.05) is 11.8 Å². The molecule has 2 aliphatic heterocycles. The second-order valence-electron chi connectivity index (χ2n) is 7.29. The van der Waals surface area contributed by atoms with Crippen molar-refractivity contribution >= 4 is 47.4 Å². The maximum Gasteiger partial charge on any atom is 0.193 e. The van der Waals surface area contributed by atoms with Crippen molar-refractivity contribution in [2.75, 3.05) is 49.7 Å². The predicted octanol–water partition coefficient (Wildman–Crippen LogP) is 2.73. The number of nitrogens with two attached hydrogens (primary N) is 1. The zero-order chi connectivity index (χ0) is 17.1. The molecular weight excluding hydrogens is 459 g/mol. The normalized spacial score (nSPS) is 26.4. The lowest BCUT2D eigenvalue weighted by molar-refractivity contribution is -0.0104. The summed E-state index contributed by atoms with van der Waals surface area (Å²) in [4.78, 5) is 7.30. The van der Waals surface area contributed by atoms with E-state index in [1.165, 1.54) is 42.6 Å². The SMILES string of the molecule is I.NC(=NCC1(N2CCOCC2)CCSC1)Nc1ccc2c(c1)CCC2. The minimum atomic E-state index is 0. The zero-order valence-corrected chi connectivity index (χ0v) is 18.4. The van der Waals surface area contributed by atoms with E-state index in [0.717, 1.165) is 44.3 Å². The molecular formula is C19H29IN4OS. The second-order valence-corrected chi connectivity index (χ2v) is 8.40. The van der Waals surface area contributed by atoms with Crippen LogP contribution in [0, 0.1) is 0 Å². The highest BCUT2D eigenvalue weighted by Gasteiger charge is 2.40. The Morgan fingerprint density at radius 1 is 1.27 bits per heavy atom. The molecule has 1 aromatic rings. The number of fused-ring (bicyclic) bond motifs is 1. The molecule has 0 saturated carbocycles. The summed E-state index contributed by atoms with van der Waals surface area (Å²) in [7, 11) is 0. The number of halogens is 1. The van der Waals surface area contributed by atoms with Crippen molar-refractivity contribution in [3.8, 4) is 0 Å². The van der Waals surface area contributed by atoms with E-state index in [4.69, 9.17) is 15.5 Å². The Bertz CT molecular complexity index is 642. The predicted molar refractivity (Wildman–Crippen MR) is 121 cm³/mol. The lowest BCUT2D eigenvalue weighted by atomic mass is 9.96. The van der Waals surface area contributed by atoms with Crippen molar-refractivity contribution in [3.63, 3.8) is 0 Å². The van der Waals surface area contributed by atoms with Crippen molar-refractivity contribution in [3.05, 3.63) is 29.3 Å². The fourth-order valence-electron chi connectivity index (χ4n) is 4.18. The number of nitrogens with zero attached hydrogens (tertiary/aromatic N) is 2. The Balaban J connectivity index is 0.00000196. The molecule has 4 rings (SSSR count). The minimum absolute atomic E-state index is 0. The first-order valence-electron chi connectivity index (χ1n) is 9.35. The Morgan fingerprint density at radius 3 is 2.85 bits per heavy atom. The average Bonchev–Trinajstić information content (AvgIpc) is 3.30. The number of hydrogen-bond donors (Lipinski definition) is 2. The molecule has 2 heterocycles. The Kier molecular flexibility index (Phi) is 7.10. The smallest absolute Gasteiger partial charge is 0.193 e. The highest BCUT2D eigenvalue weighted by Crippen LogP contribution is 2.34. The molecule has 1 atom stereocenters. The number of rotatable bonds is 4. The fourth-order valence-corrected chi connectivity index (χ4v) is 5.64. The second kappa shape index (κ2) is 9.12. The number of thioether (sulfide) groups is 1. The summed E-state index contributed by atoms with van der Waals surface area (Å²) in [5.41, 5.74) is 10.4. The standard InChI is InChI=1S/C19H28N4OS.HI/c20-18(22-17-5-4-15-2-1-3-16(15)12-17)21-13-19(6-11-25-14-19)23-7-9-24-10-8-23;/h4-5,12H,1-3,6-11,13-14H2,(H3,20,21,22);1H. The van der Waals surface area contributed by atoms with E-state index in [1.54, 1.807) is 0 Å². The van der Waals surface area contributed by atoms with E-state index >= 15 is 0 Å². The van der Waals surface area contributed by atoms with E-state index in [0.29, 0.717) is 5.96 Å². The van der Waals surface area contributed by atoms with Gasteiger partial charge < -0.3 is 15.8 Å². The maximum absolute atomic E-state index is 6.21. The monoisotopic (exact) mass is 488 g/mol. The molecule has 3 aliphatic rings. The Labute approximate surface area is 177 Å². The van der Waals surface area contributed by atoms with E-state index in [9.17, 15) is 0 Å². The Morgan fingerprint density at radius 2 is 2.08 bits per heavy atom. The van der Waals surface area contributed by atoms with E-state index in [2.05, 4.69) is 28.4 Å². The third kappa shape index (κ3) is 4.48. The van der Waals surface area contributed by atoms with Crippen molar-refractivity contribution in [1.29, 1.82) is 0 Å². The molecule has 2 saturated heterocycles. The molecule has 26 heavy (non-hydrogen) atoms. The molecule has 5 nitrogen and oxygen atoms in total. The molecule has 0 spiro atoms. The van der Waals surface area contributed by atoms with E-state index in [-0.39, 0.29) is 29.5 Å². The topological polar surface area (TPSA) is 62.9 Å². The zero-order valence-electron chi connectivity index (χ0n) is 15.2. The van der Waals surface area contributed by atoms with E-state index < -0.39 is 0 Å². The fraction of sp³-hybridized carbons (Fsp3) is 0.632. The van der Waals surface area contributed by atoms with Gasteiger partial charge in [0.25, 0.3) is 0 Å². The van der Waals surface area contributed by atoms with Crippen LogP contribution in [0.15, 0.2) is 23.2 Å². The molecule has 1 aromatic carbocycles. The molecule has 0 amide bonds. The van der Waals surface area contributed by atoms with Crippen molar-refractivity contribution in [1.82, 2.24) is 4.90 Å². The number of ether oxygens (including phenoxy) is 1. The summed E-state index contributed by atoms with van der Waals surface area (Å²) < 4.78 is 5.52. The summed E-state index contributed by atoms with van der Waals surface area (Å²) in [6.07, 6.45) is 4.84. The van der Waals surface area contributed by atoms with Gasteiger partial charge in [0.15, 0.2) is 5.96 Å². The van der Waals surface area contributed by atoms with Gasteiger partial charge in [0.2, 0.25) is 0 Å². The minimum Gasteiger partial charge on any atom is -0.379 e. The number of morpholine rings is 1. The summed E-state index contributed by atoms with van der Waals surface area (Å²) in [6, 6.07) is 6.57. The van der Waals surface area contributed by atoms with Crippen LogP contribution in [0.5, 0.6) is 0 Å². The summed E-state index contributed by atoms with van der Waals surface area (Å²) >= 11 is 2.03. The molecule has 3 N–H and O–H groups in total. The third-order valence-electron chi connectivity index (χ3n) is 5.68.